The maximum atomic E-state index is 2.42. The van der Waals surface area contributed by atoms with E-state index in [2.05, 4.69) is 120 Å². The highest BCUT2D eigenvalue weighted by atomic mass is 15.0. The molecular formula is C28H38N+. The topological polar surface area (TPSA) is 3.88 Å². The van der Waals surface area contributed by atoms with Crippen LogP contribution in [0.1, 0.15) is 78.9 Å². The number of nitrogens with zero attached hydrogens (tertiary/aromatic N) is 1. The van der Waals surface area contributed by atoms with Crippen LogP contribution >= 0.6 is 0 Å². The van der Waals surface area contributed by atoms with Gasteiger partial charge in [0.1, 0.15) is 0 Å². The third-order valence-corrected chi connectivity index (χ3v) is 6.49. The largest absolute Gasteiger partial charge is 0.200 e. The highest BCUT2D eigenvalue weighted by Gasteiger charge is 2.30. The van der Waals surface area contributed by atoms with E-state index >= 15 is 0 Å². The molecule has 1 nitrogen and oxygen atoms in total. The number of aromatic nitrogens is 1. The molecule has 0 bridgehead atoms. The number of pyridine rings is 1. The number of rotatable bonds is 6. The van der Waals surface area contributed by atoms with Crippen LogP contribution in [0.25, 0.3) is 10.8 Å². The molecule has 0 saturated carbocycles. The summed E-state index contributed by atoms with van der Waals surface area (Å²) in [6, 6.07) is 20.1. The molecule has 0 spiro atoms. The Kier molecular flexibility index (Phi) is 5.90. The van der Waals surface area contributed by atoms with E-state index in [4.69, 9.17) is 0 Å². The second-order valence-electron chi connectivity index (χ2n) is 10.9. The number of benzene rings is 2. The molecule has 0 aliphatic carbocycles. The molecule has 2 aromatic carbocycles. The summed E-state index contributed by atoms with van der Waals surface area (Å²) in [5.41, 5.74) is 3.37. The lowest BCUT2D eigenvalue weighted by molar-refractivity contribution is -0.757. The first kappa shape index (κ1) is 21.6. The normalized spacial score (nSPS) is 13.1. The van der Waals surface area contributed by atoms with Gasteiger partial charge in [-0.2, -0.15) is 4.57 Å². The minimum absolute atomic E-state index is 0.105. The van der Waals surface area contributed by atoms with Crippen molar-refractivity contribution in [2.75, 3.05) is 0 Å². The van der Waals surface area contributed by atoms with E-state index in [1.165, 1.54) is 41.2 Å². The van der Waals surface area contributed by atoms with E-state index in [1.54, 1.807) is 0 Å². The summed E-state index contributed by atoms with van der Waals surface area (Å²) in [5, 5.41) is 2.61. The van der Waals surface area contributed by atoms with Crippen LogP contribution in [0.15, 0.2) is 67.0 Å². The number of hydrogen-bond donors (Lipinski definition) is 0. The first-order valence-corrected chi connectivity index (χ1v) is 11.0. The molecular weight excluding hydrogens is 350 g/mol. The summed E-state index contributed by atoms with van der Waals surface area (Å²) in [6.45, 7) is 16.4. The summed E-state index contributed by atoms with van der Waals surface area (Å²) in [7, 11) is 0. The lowest BCUT2D eigenvalue weighted by atomic mass is 9.76. The lowest BCUT2D eigenvalue weighted by Gasteiger charge is -2.29. The van der Waals surface area contributed by atoms with Gasteiger partial charge in [-0.3, -0.25) is 0 Å². The van der Waals surface area contributed by atoms with Crippen molar-refractivity contribution in [1.82, 2.24) is 0 Å². The maximum absolute atomic E-state index is 2.42. The van der Waals surface area contributed by atoms with E-state index in [0.717, 1.165) is 0 Å². The summed E-state index contributed by atoms with van der Waals surface area (Å²) in [6.07, 6.45) is 8.10. The first-order chi connectivity index (χ1) is 13.5. The predicted octanol–water partition coefficient (Wildman–Crippen LogP) is 7.31. The van der Waals surface area contributed by atoms with Crippen LogP contribution in [-0.4, -0.2) is 0 Å². The van der Waals surface area contributed by atoms with Gasteiger partial charge in [-0.15, -0.1) is 0 Å². The van der Waals surface area contributed by atoms with Crippen LogP contribution < -0.4 is 4.57 Å². The zero-order chi connectivity index (χ0) is 21.3. The van der Waals surface area contributed by atoms with Gasteiger partial charge in [-0.05, 0) is 46.3 Å². The third kappa shape index (κ3) is 5.07. The molecule has 0 N–H and O–H groups in total. The summed E-state index contributed by atoms with van der Waals surface area (Å²) in [4.78, 5) is 0. The van der Waals surface area contributed by atoms with Crippen molar-refractivity contribution in [3.63, 3.8) is 0 Å². The molecule has 0 radical (unpaired) electrons. The molecule has 154 valence electrons. The smallest absolute Gasteiger partial charge is 0.177 e. The van der Waals surface area contributed by atoms with Crippen LogP contribution in [0, 0.1) is 0 Å². The van der Waals surface area contributed by atoms with Crippen molar-refractivity contribution in [3.8, 4) is 0 Å². The molecule has 3 rings (SSSR count). The Morgan fingerprint density at radius 3 is 2.03 bits per heavy atom. The van der Waals surface area contributed by atoms with Gasteiger partial charge in [0.25, 0.3) is 0 Å². The Morgan fingerprint density at radius 2 is 1.34 bits per heavy atom. The molecule has 1 aromatic heterocycles. The van der Waals surface area contributed by atoms with Crippen molar-refractivity contribution in [2.45, 2.75) is 84.1 Å². The Morgan fingerprint density at radius 1 is 0.690 bits per heavy atom. The highest BCUT2D eigenvalue weighted by molar-refractivity contribution is 5.80. The van der Waals surface area contributed by atoms with Gasteiger partial charge in [0.05, 0.1) is 0 Å². The Bertz CT molecular complexity index is 973. The average Bonchev–Trinajstić information content (AvgIpc) is 2.66. The van der Waals surface area contributed by atoms with Gasteiger partial charge in [-0.1, -0.05) is 77.1 Å². The van der Waals surface area contributed by atoms with Crippen molar-refractivity contribution in [1.29, 1.82) is 0 Å². The Labute approximate surface area is 177 Å². The molecule has 0 aliphatic heterocycles. The molecule has 1 heterocycles. The predicted molar refractivity (Wildman–Crippen MR) is 125 cm³/mol. The lowest BCUT2D eigenvalue weighted by Crippen LogP contribution is -2.51. The monoisotopic (exact) mass is 388 g/mol. The highest BCUT2D eigenvalue weighted by Crippen LogP contribution is 2.33. The SMILES string of the molecule is CC(C)(C)c1cccc(C(C)(C)CCCC(C)(C)[n+]2ccc3ccccc3c2)c1. The van der Waals surface area contributed by atoms with Crippen LogP contribution in [0.2, 0.25) is 0 Å². The second-order valence-corrected chi connectivity index (χ2v) is 10.9. The summed E-state index contributed by atoms with van der Waals surface area (Å²) < 4.78 is 2.39. The van der Waals surface area contributed by atoms with Crippen LogP contribution in [0.3, 0.4) is 0 Å². The van der Waals surface area contributed by atoms with E-state index in [9.17, 15) is 0 Å². The molecule has 1 heteroatoms. The molecule has 0 aliphatic rings. The zero-order valence-electron chi connectivity index (χ0n) is 19.4. The number of fused-ring (bicyclic) bond motifs is 1. The van der Waals surface area contributed by atoms with E-state index in [0.29, 0.717) is 0 Å². The fourth-order valence-corrected chi connectivity index (χ4v) is 4.15. The van der Waals surface area contributed by atoms with Gasteiger partial charge in [0.2, 0.25) is 0 Å². The van der Waals surface area contributed by atoms with Crippen LogP contribution in [-0.2, 0) is 16.4 Å². The van der Waals surface area contributed by atoms with Crippen LogP contribution in [0.5, 0.6) is 0 Å². The van der Waals surface area contributed by atoms with E-state index in [-0.39, 0.29) is 16.4 Å². The molecule has 0 amide bonds. The zero-order valence-corrected chi connectivity index (χ0v) is 19.4. The average molecular weight is 389 g/mol. The fourth-order valence-electron chi connectivity index (χ4n) is 4.15. The Hall–Kier alpha value is -2.15. The quantitative estimate of drug-likeness (QED) is 0.390. The molecule has 0 atom stereocenters. The minimum Gasteiger partial charge on any atom is -0.200 e. The fraction of sp³-hybridized carbons (Fsp3) is 0.464. The molecule has 0 fully saturated rings. The maximum Gasteiger partial charge on any atom is 0.177 e. The molecule has 3 aromatic rings. The van der Waals surface area contributed by atoms with Gasteiger partial charge >= 0.3 is 0 Å². The van der Waals surface area contributed by atoms with Crippen molar-refractivity contribution < 1.29 is 4.57 Å². The standard InChI is InChI=1S/C28H38N/c1-26(2,3)24-14-10-15-25(20-24)27(4,5)17-11-18-28(6,7)29-19-16-22-12-8-9-13-23(22)21-29/h8-10,12-16,19-21H,11,17-18H2,1-7H3/q+1. The van der Waals surface area contributed by atoms with Crippen molar-refractivity contribution >= 4 is 10.8 Å². The van der Waals surface area contributed by atoms with Gasteiger partial charge in [0, 0.05) is 31.7 Å². The van der Waals surface area contributed by atoms with E-state index < -0.39 is 0 Å². The third-order valence-electron chi connectivity index (χ3n) is 6.49. The molecule has 0 unspecified atom stereocenters. The van der Waals surface area contributed by atoms with Gasteiger partial charge in [-0.25, -0.2) is 0 Å². The number of hydrogen-bond acceptors (Lipinski definition) is 0. The van der Waals surface area contributed by atoms with Gasteiger partial charge in [0.15, 0.2) is 17.9 Å². The molecule has 29 heavy (non-hydrogen) atoms. The summed E-state index contributed by atoms with van der Waals surface area (Å²) in [5.74, 6) is 0. The van der Waals surface area contributed by atoms with E-state index in [1.807, 2.05) is 0 Å². The van der Waals surface area contributed by atoms with Crippen molar-refractivity contribution in [2.24, 2.45) is 0 Å². The summed E-state index contributed by atoms with van der Waals surface area (Å²) >= 11 is 0. The van der Waals surface area contributed by atoms with Crippen molar-refractivity contribution in [3.05, 3.63) is 78.1 Å². The van der Waals surface area contributed by atoms with Crippen LogP contribution in [0.4, 0.5) is 0 Å². The molecule has 0 saturated heterocycles. The second kappa shape index (κ2) is 7.94. The first-order valence-electron chi connectivity index (χ1n) is 11.0. The Balaban J connectivity index is 1.70. The minimum atomic E-state index is 0.105. The van der Waals surface area contributed by atoms with Gasteiger partial charge < -0.3 is 0 Å².